The number of aromatic amines is 1. The van der Waals surface area contributed by atoms with Crippen molar-refractivity contribution >= 4 is 40.3 Å². The fourth-order valence-electron chi connectivity index (χ4n) is 1.67. The number of halogens is 1. The molecule has 128 valence electrons. The summed E-state index contributed by atoms with van der Waals surface area (Å²) in [6.45, 7) is -0.0838. The fourth-order valence-corrected chi connectivity index (χ4v) is 2.39. The number of nitrogens with zero attached hydrogens (tertiary/aromatic N) is 4. The van der Waals surface area contributed by atoms with Gasteiger partial charge < -0.3 is 14.4 Å². The quantitative estimate of drug-likeness (QED) is 0.578. The summed E-state index contributed by atoms with van der Waals surface area (Å²) in [5.41, 5.74) is 0.758. The van der Waals surface area contributed by atoms with Gasteiger partial charge in [0, 0.05) is 14.1 Å². The molecule has 24 heavy (non-hydrogen) atoms. The first kappa shape index (κ1) is 18.1. The number of carbonyl (C=O) groups is 1. The van der Waals surface area contributed by atoms with Gasteiger partial charge in [-0.2, -0.15) is 14.9 Å². The summed E-state index contributed by atoms with van der Waals surface area (Å²) in [7, 11) is 4.85. The maximum Gasteiger partial charge on any atom is 0.259 e. The second-order valence-electron chi connectivity index (χ2n) is 4.86. The minimum absolute atomic E-state index is 0.0838. The van der Waals surface area contributed by atoms with E-state index in [1.807, 2.05) is 0 Å². The number of likely N-dealkylation sites (N-methyl/N-ethyl adjacent to an activating group) is 1. The van der Waals surface area contributed by atoms with Crippen molar-refractivity contribution in [3.8, 4) is 11.5 Å². The summed E-state index contributed by atoms with van der Waals surface area (Å²) in [4.78, 5) is 13.1. The average Bonchev–Trinajstić information content (AvgIpc) is 2.96. The predicted molar refractivity (Wildman–Crippen MR) is 95.3 cm³/mol. The molecule has 10 heteroatoms. The summed E-state index contributed by atoms with van der Waals surface area (Å²) < 4.78 is 13.4. The van der Waals surface area contributed by atoms with Gasteiger partial charge in [0.2, 0.25) is 4.77 Å². The minimum atomic E-state index is -0.149. The molecule has 0 saturated heterocycles. The van der Waals surface area contributed by atoms with Crippen LogP contribution < -0.4 is 9.47 Å². The van der Waals surface area contributed by atoms with Crippen LogP contribution in [0.15, 0.2) is 28.0 Å². The zero-order valence-corrected chi connectivity index (χ0v) is 15.7. The number of hydrogen-bond acceptors (Lipinski definition) is 6. The Kier molecular flexibility index (Phi) is 6.10. The molecule has 0 unspecified atom stereocenters. The minimum Gasteiger partial charge on any atom is -0.493 e. The van der Waals surface area contributed by atoms with E-state index in [1.165, 1.54) is 23.0 Å². The molecule has 0 aliphatic rings. The van der Waals surface area contributed by atoms with Crippen LogP contribution in [0.2, 0.25) is 0 Å². The smallest absolute Gasteiger partial charge is 0.259 e. The highest BCUT2D eigenvalue weighted by atomic mass is 79.9. The van der Waals surface area contributed by atoms with Crippen LogP contribution in [0.5, 0.6) is 11.5 Å². The van der Waals surface area contributed by atoms with Crippen LogP contribution in [0.25, 0.3) is 0 Å². The lowest BCUT2D eigenvalue weighted by Gasteiger charge is -2.15. The molecule has 0 aliphatic carbocycles. The maximum atomic E-state index is 11.7. The number of aromatic nitrogens is 3. The van der Waals surface area contributed by atoms with Crippen molar-refractivity contribution in [2.24, 2.45) is 5.10 Å². The van der Waals surface area contributed by atoms with Crippen molar-refractivity contribution in [2.45, 2.75) is 0 Å². The number of amides is 1. The normalized spacial score (nSPS) is 10.8. The molecule has 0 aliphatic heterocycles. The van der Waals surface area contributed by atoms with E-state index in [0.717, 1.165) is 5.56 Å². The first-order chi connectivity index (χ1) is 11.4. The molecule has 0 bridgehead atoms. The molecule has 8 nitrogen and oxygen atoms in total. The Balaban J connectivity index is 2.23. The lowest BCUT2D eigenvalue weighted by molar-refractivity contribution is -0.130. The molecule has 1 N–H and O–H groups in total. The number of carbonyl (C=O) groups excluding carboxylic acids is 1. The van der Waals surface area contributed by atoms with Gasteiger partial charge >= 0.3 is 0 Å². The highest BCUT2D eigenvalue weighted by Crippen LogP contribution is 2.36. The van der Waals surface area contributed by atoms with Crippen LogP contribution in [-0.2, 0) is 4.79 Å². The molecule has 1 aromatic heterocycles. The molecule has 0 atom stereocenters. The average molecular weight is 414 g/mol. The number of ether oxygens (including phenoxy) is 2. The van der Waals surface area contributed by atoms with E-state index in [-0.39, 0.29) is 12.5 Å². The van der Waals surface area contributed by atoms with E-state index in [0.29, 0.717) is 20.7 Å². The van der Waals surface area contributed by atoms with Gasteiger partial charge in [-0.05, 0) is 45.8 Å². The number of nitrogens with one attached hydrogen (secondary N) is 1. The van der Waals surface area contributed by atoms with Crippen molar-refractivity contribution in [1.82, 2.24) is 19.8 Å². The van der Waals surface area contributed by atoms with Crippen molar-refractivity contribution in [1.29, 1.82) is 0 Å². The second-order valence-corrected chi connectivity index (χ2v) is 6.10. The zero-order valence-electron chi connectivity index (χ0n) is 13.3. The van der Waals surface area contributed by atoms with Crippen molar-refractivity contribution < 1.29 is 14.3 Å². The van der Waals surface area contributed by atoms with Gasteiger partial charge in [0.15, 0.2) is 18.1 Å². The summed E-state index contributed by atoms with van der Waals surface area (Å²) in [5, 5.41) is 10.6. The molecule has 1 heterocycles. The number of hydrogen-bond donors (Lipinski definition) is 1. The van der Waals surface area contributed by atoms with E-state index in [9.17, 15) is 4.79 Å². The molecular formula is C14H16BrN5O3S. The third-order valence-electron chi connectivity index (χ3n) is 2.96. The Morgan fingerprint density at radius 3 is 2.88 bits per heavy atom. The molecule has 0 saturated carbocycles. The van der Waals surface area contributed by atoms with Crippen molar-refractivity contribution in [3.05, 3.63) is 33.3 Å². The van der Waals surface area contributed by atoms with Crippen LogP contribution in [0, 0.1) is 4.77 Å². The van der Waals surface area contributed by atoms with Crippen LogP contribution in [0.4, 0.5) is 0 Å². The van der Waals surface area contributed by atoms with E-state index in [4.69, 9.17) is 21.7 Å². The van der Waals surface area contributed by atoms with Gasteiger partial charge in [-0.15, -0.1) is 0 Å². The van der Waals surface area contributed by atoms with Gasteiger partial charge in [-0.3, -0.25) is 9.89 Å². The molecule has 1 amide bonds. The van der Waals surface area contributed by atoms with Gasteiger partial charge in [0.05, 0.1) is 17.8 Å². The van der Waals surface area contributed by atoms with E-state index in [1.54, 1.807) is 32.4 Å². The standard InChI is InChI=1S/C14H16BrN5O3S/c1-19(2)12(21)7-23-13-10(15)4-9(5-11(13)22-3)6-17-20-8-16-18-14(20)24/h4-6,8H,7H2,1-3H3,(H,18,24)/b17-6-. The van der Waals surface area contributed by atoms with Gasteiger partial charge in [-0.1, -0.05) is 0 Å². The third kappa shape index (κ3) is 4.42. The van der Waals surface area contributed by atoms with Crippen LogP contribution in [0.1, 0.15) is 5.56 Å². The van der Waals surface area contributed by atoms with E-state index >= 15 is 0 Å². The Hall–Kier alpha value is -2.20. The lowest BCUT2D eigenvalue weighted by atomic mass is 10.2. The zero-order chi connectivity index (χ0) is 17.7. The summed E-state index contributed by atoms with van der Waals surface area (Å²) in [5.74, 6) is 0.780. The molecule has 2 rings (SSSR count). The van der Waals surface area contributed by atoms with Crippen LogP contribution in [-0.4, -0.2) is 59.7 Å². The second kappa shape index (κ2) is 8.06. The van der Waals surface area contributed by atoms with Crippen molar-refractivity contribution in [3.63, 3.8) is 0 Å². The number of methoxy groups -OCH3 is 1. The molecular weight excluding hydrogens is 398 g/mol. The Labute approximate surface area is 152 Å². The SMILES string of the molecule is COc1cc(/C=N\n2cn[nH]c2=S)cc(Br)c1OCC(=O)N(C)C. The molecule has 0 fully saturated rings. The Morgan fingerprint density at radius 2 is 2.29 bits per heavy atom. The molecule has 2 aromatic rings. The first-order valence-corrected chi connectivity index (χ1v) is 7.99. The molecule has 1 aromatic carbocycles. The van der Waals surface area contributed by atoms with Crippen molar-refractivity contribution in [2.75, 3.05) is 27.8 Å². The van der Waals surface area contributed by atoms with Gasteiger partial charge in [0.1, 0.15) is 6.33 Å². The largest absolute Gasteiger partial charge is 0.493 e. The summed E-state index contributed by atoms with van der Waals surface area (Å²) >= 11 is 8.44. The monoisotopic (exact) mass is 413 g/mol. The number of H-pyrrole nitrogens is 1. The van der Waals surface area contributed by atoms with E-state index < -0.39 is 0 Å². The van der Waals surface area contributed by atoms with Gasteiger partial charge in [0.25, 0.3) is 5.91 Å². The van der Waals surface area contributed by atoms with Gasteiger partial charge in [-0.25, -0.2) is 0 Å². The predicted octanol–water partition coefficient (Wildman–Crippen LogP) is 2.06. The fraction of sp³-hybridized carbons (Fsp3) is 0.286. The highest BCUT2D eigenvalue weighted by molar-refractivity contribution is 9.10. The summed E-state index contributed by atoms with van der Waals surface area (Å²) in [6, 6.07) is 3.54. The third-order valence-corrected chi connectivity index (χ3v) is 3.82. The maximum absolute atomic E-state index is 11.7. The number of rotatable bonds is 6. The first-order valence-electron chi connectivity index (χ1n) is 6.79. The highest BCUT2D eigenvalue weighted by Gasteiger charge is 2.14. The Bertz CT molecular complexity index is 815. The van der Waals surface area contributed by atoms with Crippen LogP contribution >= 0.6 is 28.1 Å². The Morgan fingerprint density at radius 1 is 1.54 bits per heavy atom. The lowest BCUT2D eigenvalue weighted by Crippen LogP contribution is -2.27. The molecule has 0 spiro atoms. The number of benzene rings is 1. The molecule has 0 radical (unpaired) electrons. The van der Waals surface area contributed by atoms with Crippen LogP contribution in [0.3, 0.4) is 0 Å². The summed E-state index contributed by atoms with van der Waals surface area (Å²) in [6.07, 6.45) is 3.07. The topological polar surface area (TPSA) is 84.7 Å². The van der Waals surface area contributed by atoms with E-state index in [2.05, 4.69) is 31.2 Å².